The van der Waals surface area contributed by atoms with Crippen LogP contribution in [0.3, 0.4) is 0 Å². The highest BCUT2D eigenvalue weighted by molar-refractivity contribution is 5.27. The van der Waals surface area contributed by atoms with Crippen LogP contribution in [0.4, 0.5) is 0 Å². The maximum absolute atomic E-state index is 5.40. The highest BCUT2D eigenvalue weighted by Gasteiger charge is 2.00. The third-order valence-corrected chi connectivity index (χ3v) is 2.23. The summed E-state index contributed by atoms with van der Waals surface area (Å²) in [6, 6.07) is 8.26. The standard InChI is InChI=1S/C14H21NO/c1-5-16-14-8-6-13(7-9-14)11-15(4)10-12(2)3/h6-9H,2,5,10-11H2,1,3-4H3. The fourth-order valence-corrected chi connectivity index (χ4v) is 1.69. The van der Waals surface area contributed by atoms with Crippen molar-refractivity contribution in [2.24, 2.45) is 0 Å². The van der Waals surface area contributed by atoms with Crippen LogP contribution in [0.1, 0.15) is 19.4 Å². The lowest BCUT2D eigenvalue weighted by atomic mass is 10.2. The van der Waals surface area contributed by atoms with Crippen LogP contribution in [0.2, 0.25) is 0 Å². The van der Waals surface area contributed by atoms with Gasteiger partial charge in [-0.15, -0.1) is 0 Å². The Morgan fingerprint density at radius 3 is 2.44 bits per heavy atom. The van der Waals surface area contributed by atoms with E-state index in [0.717, 1.165) is 25.4 Å². The van der Waals surface area contributed by atoms with E-state index in [1.807, 2.05) is 19.1 Å². The number of benzene rings is 1. The Morgan fingerprint density at radius 1 is 1.31 bits per heavy atom. The van der Waals surface area contributed by atoms with E-state index in [4.69, 9.17) is 4.74 Å². The Bertz CT molecular complexity index is 329. The molecule has 0 atom stereocenters. The Hall–Kier alpha value is -1.28. The molecule has 1 aromatic rings. The fourth-order valence-electron chi connectivity index (χ4n) is 1.69. The molecule has 0 amide bonds. The van der Waals surface area contributed by atoms with Crippen LogP contribution in [0.5, 0.6) is 5.75 Å². The Morgan fingerprint density at radius 2 is 1.94 bits per heavy atom. The van der Waals surface area contributed by atoms with Crippen molar-refractivity contribution in [2.45, 2.75) is 20.4 Å². The van der Waals surface area contributed by atoms with Crippen molar-refractivity contribution < 1.29 is 4.74 Å². The molecule has 2 nitrogen and oxygen atoms in total. The first-order chi connectivity index (χ1) is 7.61. The smallest absolute Gasteiger partial charge is 0.119 e. The molecule has 16 heavy (non-hydrogen) atoms. The fraction of sp³-hybridized carbons (Fsp3) is 0.429. The lowest BCUT2D eigenvalue weighted by Gasteiger charge is -2.16. The first kappa shape index (κ1) is 12.8. The van der Waals surface area contributed by atoms with Gasteiger partial charge < -0.3 is 4.74 Å². The van der Waals surface area contributed by atoms with Gasteiger partial charge in [0.1, 0.15) is 5.75 Å². The predicted octanol–water partition coefficient (Wildman–Crippen LogP) is 3.09. The van der Waals surface area contributed by atoms with Gasteiger partial charge in [-0.3, -0.25) is 4.90 Å². The van der Waals surface area contributed by atoms with E-state index in [9.17, 15) is 0 Å². The first-order valence-corrected chi connectivity index (χ1v) is 5.66. The molecule has 0 bridgehead atoms. The zero-order chi connectivity index (χ0) is 12.0. The molecule has 1 rings (SSSR count). The van der Waals surface area contributed by atoms with Gasteiger partial charge in [-0.25, -0.2) is 0 Å². The van der Waals surface area contributed by atoms with Crippen molar-refractivity contribution in [1.29, 1.82) is 0 Å². The van der Waals surface area contributed by atoms with Gasteiger partial charge in [0.05, 0.1) is 6.61 Å². The van der Waals surface area contributed by atoms with E-state index < -0.39 is 0 Å². The van der Waals surface area contributed by atoms with Gasteiger partial charge in [-0.05, 0) is 38.6 Å². The van der Waals surface area contributed by atoms with Crippen LogP contribution in [0.15, 0.2) is 36.4 Å². The van der Waals surface area contributed by atoms with Gasteiger partial charge in [0.2, 0.25) is 0 Å². The number of hydrogen-bond donors (Lipinski definition) is 0. The summed E-state index contributed by atoms with van der Waals surface area (Å²) in [6.45, 7) is 10.6. The first-order valence-electron chi connectivity index (χ1n) is 5.66. The van der Waals surface area contributed by atoms with Crippen LogP contribution in [0, 0.1) is 0 Å². The minimum absolute atomic E-state index is 0.717. The molecule has 2 heteroatoms. The maximum Gasteiger partial charge on any atom is 0.119 e. The second-order valence-corrected chi connectivity index (χ2v) is 4.21. The van der Waals surface area contributed by atoms with E-state index in [2.05, 4.69) is 37.6 Å². The number of nitrogens with zero attached hydrogens (tertiary/aromatic N) is 1. The van der Waals surface area contributed by atoms with Crippen molar-refractivity contribution in [3.8, 4) is 5.75 Å². The Balaban J connectivity index is 2.51. The van der Waals surface area contributed by atoms with Gasteiger partial charge >= 0.3 is 0 Å². The molecule has 0 saturated carbocycles. The average Bonchev–Trinajstić information content (AvgIpc) is 2.20. The molecule has 88 valence electrons. The van der Waals surface area contributed by atoms with Crippen LogP contribution in [0.25, 0.3) is 0 Å². The summed E-state index contributed by atoms with van der Waals surface area (Å²) in [7, 11) is 2.10. The minimum Gasteiger partial charge on any atom is -0.494 e. The maximum atomic E-state index is 5.40. The van der Waals surface area contributed by atoms with Crippen LogP contribution >= 0.6 is 0 Å². The summed E-state index contributed by atoms with van der Waals surface area (Å²) < 4.78 is 5.40. The number of rotatable bonds is 6. The molecule has 0 unspecified atom stereocenters. The van der Waals surface area contributed by atoms with Crippen LogP contribution < -0.4 is 4.74 Å². The summed E-state index contributed by atoms with van der Waals surface area (Å²) in [5.41, 5.74) is 2.49. The highest BCUT2D eigenvalue weighted by atomic mass is 16.5. The molecule has 0 aliphatic rings. The van der Waals surface area contributed by atoms with E-state index in [0.29, 0.717) is 0 Å². The Kier molecular flexibility index (Phi) is 5.06. The molecule has 0 radical (unpaired) electrons. The largest absolute Gasteiger partial charge is 0.494 e. The summed E-state index contributed by atoms with van der Waals surface area (Å²) in [5.74, 6) is 0.939. The normalized spacial score (nSPS) is 10.5. The zero-order valence-electron chi connectivity index (χ0n) is 10.5. The van der Waals surface area contributed by atoms with Crippen molar-refractivity contribution in [3.05, 3.63) is 42.0 Å². The van der Waals surface area contributed by atoms with E-state index in [1.165, 1.54) is 11.1 Å². The van der Waals surface area contributed by atoms with Gasteiger partial charge in [-0.2, -0.15) is 0 Å². The van der Waals surface area contributed by atoms with Gasteiger partial charge in [0.15, 0.2) is 0 Å². The highest BCUT2D eigenvalue weighted by Crippen LogP contribution is 2.13. The van der Waals surface area contributed by atoms with Gasteiger partial charge in [0, 0.05) is 13.1 Å². The molecular formula is C14H21NO. The molecule has 0 aliphatic carbocycles. The molecule has 0 fully saturated rings. The molecule has 0 aliphatic heterocycles. The van der Waals surface area contributed by atoms with Crippen molar-refractivity contribution in [3.63, 3.8) is 0 Å². The molecule has 0 heterocycles. The molecule has 0 saturated heterocycles. The van der Waals surface area contributed by atoms with Crippen LogP contribution in [-0.2, 0) is 6.54 Å². The Labute approximate surface area is 98.5 Å². The number of likely N-dealkylation sites (N-methyl/N-ethyl adjacent to an activating group) is 1. The van der Waals surface area contributed by atoms with E-state index >= 15 is 0 Å². The summed E-state index contributed by atoms with van der Waals surface area (Å²) in [4.78, 5) is 2.25. The monoisotopic (exact) mass is 219 g/mol. The lowest BCUT2D eigenvalue weighted by molar-refractivity contribution is 0.338. The minimum atomic E-state index is 0.717. The third kappa shape index (κ3) is 4.49. The lowest BCUT2D eigenvalue weighted by Crippen LogP contribution is -2.19. The summed E-state index contributed by atoms with van der Waals surface area (Å²) >= 11 is 0. The SMILES string of the molecule is C=C(C)CN(C)Cc1ccc(OCC)cc1. The van der Waals surface area contributed by atoms with Crippen molar-refractivity contribution in [1.82, 2.24) is 4.90 Å². The van der Waals surface area contributed by atoms with E-state index in [-0.39, 0.29) is 0 Å². The molecule has 0 N–H and O–H groups in total. The van der Waals surface area contributed by atoms with Crippen LogP contribution in [-0.4, -0.2) is 25.1 Å². The molecule has 0 aromatic heterocycles. The second kappa shape index (κ2) is 6.33. The average molecular weight is 219 g/mol. The van der Waals surface area contributed by atoms with Crippen molar-refractivity contribution >= 4 is 0 Å². The molecule has 1 aromatic carbocycles. The summed E-state index contributed by atoms with van der Waals surface area (Å²) in [5, 5.41) is 0. The zero-order valence-corrected chi connectivity index (χ0v) is 10.5. The van der Waals surface area contributed by atoms with Gasteiger partial charge in [-0.1, -0.05) is 24.3 Å². The number of hydrogen-bond acceptors (Lipinski definition) is 2. The quantitative estimate of drug-likeness (QED) is 0.682. The van der Waals surface area contributed by atoms with Gasteiger partial charge in [0.25, 0.3) is 0 Å². The summed E-state index contributed by atoms with van der Waals surface area (Å²) in [6.07, 6.45) is 0. The van der Waals surface area contributed by atoms with E-state index in [1.54, 1.807) is 0 Å². The second-order valence-electron chi connectivity index (χ2n) is 4.21. The topological polar surface area (TPSA) is 12.5 Å². The molecular weight excluding hydrogens is 198 g/mol. The number of ether oxygens (including phenoxy) is 1. The molecule has 0 spiro atoms. The third-order valence-electron chi connectivity index (χ3n) is 2.23. The predicted molar refractivity (Wildman–Crippen MR) is 68.8 cm³/mol. The van der Waals surface area contributed by atoms with Crippen molar-refractivity contribution in [2.75, 3.05) is 20.2 Å².